The van der Waals surface area contributed by atoms with E-state index in [4.69, 9.17) is 4.74 Å². The molecule has 110 valence electrons. The van der Waals surface area contributed by atoms with Crippen molar-refractivity contribution < 1.29 is 9.84 Å². The minimum atomic E-state index is -0.386. The molecule has 3 aliphatic rings. The minimum Gasteiger partial charge on any atom is -0.387 e. The fraction of sp³-hybridized carbons (Fsp3) is 1.00. The molecule has 3 nitrogen and oxygen atoms in total. The number of nitrogens with zero attached hydrogens (tertiary/aromatic N) is 1. The third-order valence-electron chi connectivity index (χ3n) is 5.10. The molecule has 0 aromatic heterocycles. The number of likely N-dealkylation sites (tertiary alicyclic amines) is 1. The molecule has 1 spiro atoms. The standard InChI is InChI=1S/C15H27NO2S/c1-2-4-14(17)11-16(12-14)13-3-7-18-15(10-13)5-8-19-9-6-15/h13,17H,2-12H2,1H3. The first-order chi connectivity index (χ1) is 9.15. The van der Waals surface area contributed by atoms with Crippen LogP contribution < -0.4 is 0 Å². The van der Waals surface area contributed by atoms with E-state index in [0.29, 0.717) is 6.04 Å². The van der Waals surface area contributed by atoms with Gasteiger partial charge >= 0.3 is 0 Å². The lowest BCUT2D eigenvalue weighted by Gasteiger charge is -2.54. The van der Waals surface area contributed by atoms with Crippen molar-refractivity contribution in [2.75, 3.05) is 31.2 Å². The normalized spacial score (nSPS) is 34.1. The van der Waals surface area contributed by atoms with Crippen LogP contribution in [0.25, 0.3) is 0 Å². The summed E-state index contributed by atoms with van der Waals surface area (Å²) >= 11 is 2.06. The Kier molecular flexibility index (Phi) is 4.14. The lowest BCUT2D eigenvalue weighted by Crippen LogP contribution is -2.66. The van der Waals surface area contributed by atoms with E-state index < -0.39 is 0 Å². The summed E-state index contributed by atoms with van der Waals surface area (Å²) in [5.41, 5.74) is -0.213. The van der Waals surface area contributed by atoms with E-state index in [-0.39, 0.29) is 11.2 Å². The molecule has 3 heterocycles. The molecule has 0 amide bonds. The average molecular weight is 285 g/mol. The largest absolute Gasteiger partial charge is 0.387 e. The van der Waals surface area contributed by atoms with Crippen molar-refractivity contribution in [2.24, 2.45) is 0 Å². The second-order valence-corrected chi connectivity index (χ2v) is 7.89. The molecule has 0 radical (unpaired) electrons. The lowest BCUT2D eigenvalue weighted by molar-refractivity contribution is -0.164. The Hall–Kier alpha value is 0.230. The average Bonchev–Trinajstić information content (AvgIpc) is 2.37. The topological polar surface area (TPSA) is 32.7 Å². The highest BCUT2D eigenvalue weighted by molar-refractivity contribution is 7.99. The van der Waals surface area contributed by atoms with E-state index in [1.165, 1.54) is 30.8 Å². The molecule has 0 aromatic rings. The van der Waals surface area contributed by atoms with Crippen LogP contribution in [0.5, 0.6) is 0 Å². The van der Waals surface area contributed by atoms with Gasteiger partial charge in [-0.2, -0.15) is 11.8 Å². The molecule has 3 saturated heterocycles. The van der Waals surface area contributed by atoms with Gasteiger partial charge in [0.05, 0.1) is 11.2 Å². The van der Waals surface area contributed by atoms with Crippen molar-refractivity contribution in [3.8, 4) is 0 Å². The van der Waals surface area contributed by atoms with Gasteiger partial charge in [-0.15, -0.1) is 0 Å². The zero-order valence-electron chi connectivity index (χ0n) is 12.1. The number of thioether (sulfide) groups is 1. The number of β-amino-alcohol motifs (C(OH)–C–C–N with tert-alkyl or cyclic N) is 1. The van der Waals surface area contributed by atoms with Crippen molar-refractivity contribution in [2.45, 2.75) is 62.7 Å². The van der Waals surface area contributed by atoms with E-state index in [1.807, 2.05) is 0 Å². The quantitative estimate of drug-likeness (QED) is 0.862. The highest BCUT2D eigenvalue weighted by atomic mass is 32.2. The second-order valence-electron chi connectivity index (χ2n) is 6.67. The highest BCUT2D eigenvalue weighted by Gasteiger charge is 2.47. The third-order valence-corrected chi connectivity index (χ3v) is 6.08. The molecule has 0 bridgehead atoms. The molecule has 1 unspecified atom stereocenters. The summed E-state index contributed by atoms with van der Waals surface area (Å²) in [5, 5.41) is 10.3. The molecular formula is C15H27NO2S. The summed E-state index contributed by atoms with van der Waals surface area (Å²) in [4.78, 5) is 2.50. The van der Waals surface area contributed by atoms with Gasteiger partial charge in [0.15, 0.2) is 0 Å². The molecular weight excluding hydrogens is 258 g/mol. The monoisotopic (exact) mass is 285 g/mol. The van der Waals surface area contributed by atoms with E-state index in [0.717, 1.165) is 39.0 Å². The molecule has 4 heteroatoms. The van der Waals surface area contributed by atoms with Gasteiger partial charge in [-0.25, -0.2) is 0 Å². The van der Waals surface area contributed by atoms with Crippen LogP contribution in [0.15, 0.2) is 0 Å². The first-order valence-electron chi connectivity index (χ1n) is 7.83. The van der Waals surface area contributed by atoms with Crippen LogP contribution in [0, 0.1) is 0 Å². The predicted octanol–water partition coefficient (Wildman–Crippen LogP) is 2.28. The molecule has 1 N–H and O–H groups in total. The Labute approximate surface area is 121 Å². The van der Waals surface area contributed by atoms with E-state index >= 15 is 0 Å². The lowest BCUT2D eigenvalue weighted by atomic mass is 9.81. The van der Waals surface area contributed by atoms with Gasteiger partial charge in [0.2, 0.25) is 0 Å². The van der Waals surface area contributed by atoms with Crippen LogP contribution >= 0.6 is 11.8 Å². The molecule has 0 saturated carbocycles. The Morgan fingerprint density at radius 1 is 1.32 bits per heavy atom. The first-order valence-corrected chi connectivity index (χ1v) is 8.98. The van der Waals surface area contributed by atoms with E-state index in [2.05, 4.69) is 23.6 Å². The van der Waals surface area contributed by atoms with Gasteiger partial charge in [-0.3, -0.25) is 4.90 Å². The van der Waals surface area contributed by atoms with Gasteiger partial charge in [-0.1, -0.05) is 13.3 Å². The molecule has 3 aliphatic heterocycles. The van der Waals surface area contributed by atoms with Crippen molar-refractivity contribution in [1.29, 1.82) is 0 Å². The number of hydrogen-bond acceptors (Lipinski definition) is 4. The molecule has 0 aromatic carbocycles. The van der Waals surface area contributed by atoms with Crippen LogP contribution in [-0.2, 0) is 4.74 Å². The fourth-order valence-corrected chi connectivity index (χ4v) is 5.23. The number of hydrogen-bond donors (Lipinski definition) is 1. The SMILES string of the molecule is CCCC1(O)CN(C2CCOC3(CCSCC3)C2)C1. The maximum absolute atomic E-state index is 10.3. The predicted molar refractivity (Wildman–Crippen MR) is 79.7 cm³/mol. The zero-order valence-corrected chi connectivity index (χ0v) is 12.9. The minimum absolute atomic E-state index is 0.173. The molecule has 19 heavy (non-hydrogen) atoms. The maximum Gasteiger partial charge on any atom is 0.0900 e. The summed E-state index contributed by atoms with van der Waals surface area (Å²) in [6.45, 7) is 4.84. The highest BCUT2D eigenvalue weighted by Crippen LogP contribution is 2.41. The molecule has 3 rings (SSSR count). The number of ether oxygens (including phenoxy) is 1. The summed E-state index contributed by atoms with van der Waals surface area (Å²) in [6, 6.07) is 0.647. The number of aliphatic hydroxyl groups is 1. The number of rotatable bonds is 3. The van der Waals surface area contributed by atoms with Gasteiger partial charge in [0.25, 0.3) is 0 Å². The summed E-state index contributed by atoms with van der Waals surface area (Å²) in [6.07, 6.45) is 6.82. The molecule has 0 aliphatic carbocycles. The summed E-state index contributed by atoms with van der Waals surface area (Å²) < 4.78 is 6.15. The van der Waals surface area contributed by atoms with Gasteiger partial charge in [-0.05, 0) is 43.6 Å². The van der Waals surface area contributed by atoms with Crippen LogP contribution in [0.1, 0.15) is 45.4 Å². The fourth-order valence-electron chi connectivity index (χ4n) is 4.00. The first kappa shape index (κ1) is 14.2. The van der Waals surface area contributed by atoms with Gasteiger partial charge in [0.1, 0.15) is 0 Å². The zero-order chi connectivity index (χ0) is 13.3. The summed E-state index contributed by atoms with van der Waals surface area (Å²) in [7, 11) is 0. The van der Waals surface area contributed by atoms with Crippen LogP contribution in [0.4, 0.5) is 0 Å². The van der Waals surface area contributed by atoms with Crippen LogP contribution in [-0.4, -0.2) is 58.5 Å². The van der Waals surface area contributed by atoms with E-state index in [1.54, 1.807) is 0 Å². The van der Waals surface area contributed by atoms with Crippen LogP contribution in [0.2, 0.25) is 0 Å². The Balaban J connectivity index is 1.55. The Morgan fingerprint density at radius 2 is 2.05 bits per heavy atom. The van der Waals surface area contributed by atoms with Gasteiger partial charge < -0.3 is 9.84 Å². The third kappa shape index (κ3) is 2.97. The molecule has 1 atom stereocenters. The maximum atomic E-state index is 10.3. The van der Waals surface area contributed by atoms with Crippen LogP contribution in [0.3, 0.4) is 0 Å². The second kappa shape index (κ2) is 5.55. The smallest absolute Gasteiger partial charge is 0.0900 e. The van der Waals surface area contributed by atoms with Crippen molar-refractivity contribution in [3.05, 3.63) is 0 Å². The van der Waals surface area contributed by atoms with Crippen molar-refractivity contribution in [1.82, 2.24) is 4.90 Å². The van der Waals surface area contributed by atoms with Gasteiger partial charge in [0, 0.05) is 25.7 Å². The Morgan fingerprint density at radius 3 is 2.74 bits per heavy atom. The Bertz CT molecular complexity index is 306. The van der Waals surface area contributed by atoms with Crippen molar-refractivity contribution >= 4 is 11.8 Å². The van der Waals surface area contributed by atoms with E-state index in [9.17, 15) is 5.11 Å². The molecule has 3 fully saturated rings. The van der Waals surface area contributed by atoms with Crippen molar-refractivity contribution in [3.63, 3.8) is 0 Å². The summed E-state index contributed by atoms with van der Waals surface area (Å²) in [5.74, 6) is 2.51.